The highest BCUT2D eigenvalue weighted by molar-refractivity contribution is 5.92. The normalized spacial score (nSPS) is 18.4. The molecule has 4 heteroatoms. The third-order valence-corrected chi connectivity index (χ3v) is 4.60. The van der Waals surface area contributed by atoms with E-state index in [1.807, 2.05) is 12.1 Å². The molecule has 1 atom stereocenters. The molecule has 22 heavy (non-hydrogen) atoms. The van der Waals surface area contributed by atoms with E-state index in [1.165, 1.54) is 5.56 Å². The Morgan fingerprint density at radius 2 is 1.82 bits per heavy atom. The predicted molar refractivity (Wildman–Crippen MR) is 92.0 cm³/mol. The van der Waals surface area contributed by atoms with Crippen LogP contribution >= 0.6 is 0 Å². The van der Waals surface area contributed by atoms with E-state index in [1.54, 1.807) is 0 Å². The standard InChI is InChI=1S/C18H29N3O/c1-13(2)15-4-6-17(7-5-15)20-18(22)12-21-10-8-16(9-11-21)14(3)19/h4-7,13-14,16H,8-12,19H2,1-3H3,(H,20,22). The van der Waals surface area contributed by atoms with Crippen LogP contribution in [0.25, 0.3) is 0 Å². The number of likely N-dealkylation sites (tertiary alicyclic amines) is 1. The summed E-state index contributed by atoms with van der Waals surface area (Å²) in [5.74, 6) is 1.18. The lowest BCUT2D eigenvalue weighted by atomic mass is 9.91. The van der Waals surface area contributed by atoms with E-state index >= 15 is 0 Å². The quantitative estimate of drug-likeness (QED) is 0.879. The van der Waals surface area contributed by atoms with E-state index in [2.05, 4.69) is 43.1 Å². The van der Waals surface area contributed by atoms with Crippen LogP contribution in [0.3, 0.4) is 0 Å². The second kappa shape index (κ2) is 7.75. The smallest absolute Gasteiger partial charge is 0.238 e. The molecular weight excluding hydrogens is 274 g/mol. The van der Waals surface area contributed by atoms with Crippen LogP contribution in [-0.2, 0) is 4.79 Å². The van der Waals surface area contributed by atoms with Gasteiger partial charge in [0.15, 0.2) is 0 Å². The molecule has 122 valence electrons. The Morgan fingerprint density at radius 1 is 1.23 bits per heavy atom. The van der Waals surface area contributed by atoms with E-state index in [0.29, 0.717) is 18.4 Å². The van der Waals surface area contributed by atoms with Gasteiger partial charge >= 0.3 is 0 Å². The molecule has 1 aromatic rings. The number of nitrogens with one attached hydrogen (secondary N) is 1. The topological polar surface area (TPSA) is 58.4 Å². The zero-order valence-corrected chi connectivity index (χ0v) is 14.0. The van der Waals surface area contributed by atoms with Gasteiger partial charge in [-0.3, -0.25) is 9.69 Å². The highest BCUT2D eigenvalue weighted by Crippen LogP contribution is 2.20. The lowest BCUT2D eigenvalue weighted by Gasteiger charge is -2.33. The molecule has 1 aliphatic heterocycles. The van der Waals surface area contributed by atoms with Crippen molar-refractivity contribution in [3.05, 3.63) is 29.8 Å². The number of amides is 1. The summed E-state index contributed by atoms with van der Waals surface area (Å²) in [5, 5.41) is 2.98. The highest BCUT2D eigenvalue weighted by Gasteiger charge is 2.22. The molecule has 0 aromatic heterocycles. The fraction of sp³-hybridized carbons (Fsp3) is 0.611. The lowest BCUT2D eigenvalue weighted by Crippen LogP contribution is -2.42. The minimum absolute atomic E-state index is 0.0662. The maximum absolute atomic E-state index is 12.1. The van der Waals surface area contributed by atoms with E-state index < -0.39 is 0 Å². The van der Waals surface area contributed by atoms with E-state index in [4.69, 9.17) is 5.73 Å². The average molecular weight is 303 g/mol. The van der Waals surface area contributed by atoms with Crippen LogP contribution in [0.1, 0.15) is 45.1 Å². The maximum Gasteiger partial charge on any atom is 0.238 e. The molecule has 0 bridgehead atoms. The van der Waals surface area contributed by atoms with Crippen molar-refractivity contribution in [1.29, 1.82) is 0 Å². The number of piperidine rings is 1. The fourth-order valence-electron chi connectivity index (χ4n) is 2.99. The number of nitrogens with zero attached hydrogens (tertiary/aromatic N) is 1. The van der Waals surface area contributed by atoms with Crippen molar-refractivity contribution < 1.29 is 4.79 Å². The van der Waals surface area contributed by atoms with Crippen molar-refractivity contribution in [2.24, 2.45) is 11.7 Å². The highest BCUT2D eigenvalue weighted by atomic mass is 16.2. The minimum atomic E-state index is 0.0662. The Morgan fingerprint density at radius 3 is 2.32 bits per heavy atom. The molecule has 1 fully saturated rings. The first kappa shape index (κ1) is 17.0. The number of carbonyl (C=O) groups is 1. The number of hydrogen-bond donors (Lipinski definition) is 2. The summed E-state index contributed by atoms with van der Waals surface area (Å²) in [5.41, 5.74) is 8.11. The van der Waals surface area contributed by atoms with Crippen LogP contribution in [0.15, 0.2) is 24.3 Å². The SMILES string of the molecule is CC(C)c1ccc(NC(=O)CN2CCC(C(C)N)CC2)cc1. The van der Waals surface area contributed by atoms with Crippen LogP contribution in [0, 0.1) is 5.92 Å². The zero-order chi connectivity index (χ0) is 16.1. The summed E-state index contributed by atoms with van der Waals surface area (Å²) in [7, 11) is 0. The Labute approximate surface area is 134 Å². The lowest BCUT2D eigenvalue weighted by molar-refractivity contribution is -0.117. The fourth-order valence-corrected chi connectivity index (χ4v) is 2.99. The van der Waals surface area contributed by atoms with Crippen molar-refractivity contribution >= 4 is 11.6 Å². The van der Waals surface area contributed by atoms with Gasteiger partial charge < -0.3 is 11.1 Å². The molecule has 1 unspecified atom stereocenters. The zero-order valence-electron chi connectivity index (χ0n) is 14.0. The van der Waals surface area contributed by atoms with Gasteiger partial charge in [0.2, 0.25) is 5.91 Å². The Hall–Kier alpha value is -1.39. The van der Waals surface area contributed by atoms with Gasteiger partial charge in [0.05, 0.1) is 6.54 Å². The van der Waals surface area contributed by atoms with Crippen LogP contribution in [0.5, 0.6) is 0 Å². The largest absolute Gasteiger partial charge is 0.328 e. The number of carbonyl (C=O) groups excluding carboxylic acids is 1. The van der Waals surface area contributed by atoms with Gasteiger partial charge in [0, 0.05) is 11.7 Å². The van der Waals surface area contributed by atoms with Gasteiger partial charge in [-0.25, -0.2) is 0 Å². The molecule has 1 aromatic carbocycles. The number of benzene rings is 1. The van der Waals surface area contributed by atoms with Gasteiger partial charge in [0.1, 0.15) is 0 Å². The van der Waals surface area contributed by atoms with Crippen molar-refractivity contribution in [1.82, 2.24) is 4.90 Å². The summed E-state index contributed by atoms with van der Waals surface area (Å²) in [6.45, 7) is 8.81. The first-order valence-electron chi connectivity index (χ1n) is 8.33. The first-order chi connectivity index (χ1) is 10.5. The summed E-state index contributed by atoms with van der Waals surface area (Å²) in [4.78, 5) is 14.4. The molecule has 0 aliphatic carbocycles. The van der Waals surface area contributed by atoms with Crippen molar-refractivity contribution in [2.45, 2.75) is 45.6 Å². The molecule has 2 rings (SSSR count). The molecule has 0 radical (unpaired) electrons. The molecule has 3 N–H and O–H groups in total. The third-order valence-electron chi connectivity index (χ3n) is 4.60. The molecule has 1 aliphatic rings. The van der Waals surface area contributed by atoms with Crippen LogP contribution in [0.4, 0.5) is 5.69 Å². The minimum Gasteiger partial charge on any atom is -0.328 e. The molecule has 1 saturated heterocycles. The third kappa shape index (κ3) is 4.82. The first-order valence-corrected chi connectivity index (χ1v) is 8.33. The van der Waals surface area contributed by atoms with Gasteiger partial charge in [-0.15, -0.1) is 0 Å². The Bertz CT molecular complexity index is 474. The van der Waals surface area contributed by atoms with Gasteiger partial charge in [-0.2, -0.15) is 0 Å². The van der Waals surface area contributed by atoms with E-state index in [0.717, 1.165) is 31.6 Å². The summed E-state index contributed by atoms with van der Waals surface area (Å²) in [6.07, 6.45) is 2.18. The van der Waals surface area contributed by atoms with Crippen LogP contribution in [-0.4, -0.2) is 36.5 Å². The van der Waals surface area contributed by atoms with E-state index in [9.17, 15) is 4.79 Å². The number of hydrogen-bond acceptors (Lipinski definition) is 3. The van der Waals surface area contributed by atoms with Gasteiger partial charge in [-0.05, 0) is 62.4 Å². The van der Waals surface area contributed by atoms with E-state index in [-0.39, 0.29) is 11.9 Å². The molecular formula is C18H29N3O. The molecule has 4 nitrogen and oxygen atoms in total. The second-order valence-electron chi connectivity index (χ2n) is 6.80. The Balaban J connectivity index is 1.78. The van der Waals surface area contributed by atoms with Crippen molar-refractivity contribution in [2.75, 3.05) is 25.0 Å². The molecule has 1 heterocycles. The molecule has 1 amide bonds. The van der Waals surface area contributed by atoms with Gasteiger partial charge in [0.25, 0.3) is 0 Å². The predicted octanol–water partition coefficient (Wildman–Crippen LogP) is 2.81. The maximum atomic E-state index is 12.1. The molecule has 0 spiro atoms. The number of anilines is 1. The monoisotopic (exact) mass is 303 g/mol. The van der Waals surface area contributed by atoms with Gasteiger partial charge in [-0.1, -0.05) is 26.0 Å². The van der Waals surface area contributed by atoms with Crippen LogP contribution < -0.4 is 11.1 Å². The number of nitrogens with two attached hydrogens (primary N) is 1. The Kier molecular flexibility index (Phi) is 5.98. The summed E-state index contributed by atoms with van der Waals surface area (Å²) >= 11 is 0. The van der Waals surface area contributed by atoms with Crippen molar-refractivity contribution in [3.63, 3.8) is 0 Å². The molecule has 0 saturated carbocycles. The summed E-state index contributed by atoms with van der Waals surface area (Å²) in [6, 6.07) is 8.38. The average Bonchev–Trinajstić information content (AvgIpc) is 2.48. The summed E-state index contributed by atoms with van der Waals surface area (Å²) < 4.78 is 0. The number of rotatable bonds is 5. The second-order valence-corrected chi connectivity index (χ2v) is 6.80. The van der Waals surface area contributed by atoms with Crippen LogP contribution in [0.2, 0.25) is 0 Å². The van der Waals surface area contributed by atoms with Crippen molar-refractivity contribution in [3.8, 4) is 0 Å².